The van der Waals surface area contributed by atoms with Crippen molar-refractivity contribution in [2.45, 2.75) is 26.3 Å². The molecular weight excluding hydrogens is 466 g/mol. The normalized spacial score (nSPS) is 16.6. The maximum atomic E-state index is 13.0. The number of rotatable bonds is 9. The zero-order chi connectivity index (χ0) is 25.7. The number of carbonyl (C=O) groups excluding carboxylic acids is 3. The van der Waals surface area contributed by atoms with E-state index in [1.54, 1.807) is 54.3 Å². The number of esters is 1. The van der Waals surface area contributed by atoms with Gasteiger partial charge in [0.2, 0.25) is 6.79 Å². The van der Waals surface area contributed by atoms with Crippen molar-refractivity contribution in [3.8, 4) is 11.5 Å². The number of hydrogen-bond donors (Lipinski definition) is 2. The second-order valence-corrected chi connectivity index (χ2v) is 8.31. The predicted molar refractivity (Wildman–Crippen MR) is 131 cm³/mol. The summed E-state index contributed by atoms with van der Waals surface area (Å²) in [6, 6.07) is 10.9. The monoisotopic (exact) mass is 495 g/mol. The van der Waals surface area contributed by atoms with Gasteiger partial charge >= 0.3 is 12.0 Å². The molecule has 2 heterocycles. The molecule has 1 atom stereocenters. The Bertz CT molecular complexity index is 1180. The molecule has 10 nitrogen and oxygen atoms in total. The first-order valence-corrected chi connectivity index (χ1v) is 11.7. The summed E-state index contributed by atoms with van der Waals surface area (Å²) in [6.45, 7) is 4.68. The van der Waals surface area contributed by atoms with Gasteiger partial charge in [0.15, 0.2) is 11.5 Å². The van der Waals surface area contributed by atoms with Gasteiger partial charge in [0.1, 0.15) is 6.61 Å². The van der Waals surface area contributed by atoms with Crippen LogP contribution < -0.4 is 20.1 Å². The Labute approximate surface area is 209 Å². The van der Waals surface area contributed by atoms with Crippen molar-refractivity contribution >= 4 is 23.6 Å². The zero-order valence-electron chi connectivity index (χ0n) is 20.5. The van der Waals surface area contributed by atoms with Crippen molar-refractivity contribution in [2.75, 3.05) is 39.0 Å². The molecule has 2 aliphatic heterocycles. The van der Waals surface area contributed by atoms with Crippen molar-refractivity contribution in [1.29, 1.82) is 0 Å². The van der Waals surface area contributed by atoms with Crippen molar-refractivity contribution in [3.63, 3.8) is 0 Å². The van der Waals surface area contributed by atoms with Gasteiger partial charge in [-0.25, -0.2) is 9.59 Å². The van der Waals surface area contributed by atoms with Gasteiger partial charge < -0.3 is 29.6 Å². The summed E-state index contributed by atoms with van der Waals surface area (Å²) in [5.41, 5.74) is 2.57. The van der Waals surface area contributed by atoms with E-state index in [4.69, 9.17) is 18.9 Å². The molecule has 4 rings (SSSR count). The lowest BCUT2D eigenvalue weighted by atomic mass is 9.94. The molecule has 190 valence electrons. The van der Waals surface area contributed by atoms with Crippen LogP contribution in [0.15, 0.2) is 53.7 Å². The van der Waals surface area contributed by atoms with Crippen LogP contribution in [0.4, 0.5) is 10.5 Å². The molecule has 1 unspecified atom stereocenters. The fraction of sp³-hybridized carbons (Fsp3) is 0.346. The second-order valence-electron chi connectivity index (χ2n) is 8.31. The zero-order valence-corrected chi connectivity index (χ0v) is 20.5. The minimum Gasteiger partial charge on any atom is -0.460 e. The molecule has 10 heteroatoms. The smallest absolute Gasteiger partial charge is 0.338 e. The second kappa shape index (κ2) is 11.1. The van der Waals surface area contributed by atoms with Crippen LogP contribution in [0.25, 0.3) is 0 Å². The molecule has 2 aromatic rings. The van der Waals surface area contributed by atoms with Gasteiger partial charge in [0.05, 0.1) is 18.2 Å². The number of urea groups is 1. The molecule has 0 saturated heterocycles. The van der Waals surface area contributed by atoms with E-state index in [-0.39, 0.29) is 31.9 Å². The minimum atomic E-state index is -0.695. The predicted octanol–water partition coefficient (Wildman–Crippen LogP) is 3.61. The van der Waals surface area contributed by atoms with E-state index >= 15 is 0 Å². The molecule has 0 fully saturated rings. The first kappa shape index (κ1) is 25.1. The van der Waals surface area contributed by atoms with Gasteiger partial charge in [-0.15, -0.1) is 0 Å². The van der Waals surface area contributed by atoms with Gasteiger partial charge in [0, 0.05) is 30.6 Å². The lowest BCUT2D eigenvalue weighted by Crippen LogP contribution is -2.48. The Morgan fingerprint density at radius 2 is 1.86 bits per heavy atom. The SMILES string of the molecule is CCCN1C(=O)NC(c2ccc(NC(=O)c3ccc4c(c3)OCO4)cc2)C(C(=O)OCCOC)=C1C. The molecule has 0 aliphatic carbocycles. The Balaban J connectivity index is 1.53. The fourth-order valence-electron chi connectivity index (χ4n) is 4.08. The van der Waals surface area contributed by atoms with E-state index in [1.807, 2.05) is 6.92 Å². The van der Waals surface area contributed by atoms with Crippen LogP contribution in [0, 0.1) is 0 Å². The van der Waals surface area contributed by atoms with Crippen LogP contribution in [-0.2, 0) is 14.3 Å². The molecule has 0 saturated carbocycles. The highest BCUT2D eigenvalue weighted by Gasteiger charge is 2.36. The third kappa shape index (κ3) is 5.28. The highest BCUT2D eigenvalue weighted by molar-refractivity contribution is 6.04. The Morgan fingerprint density at radius 1 is 1.11 bits per heavy atom. The number of nitrogens with zero attached hydrogens (tertiary/aromatic N) is 1. The molecule has 36 heavy (non-hydrogen) atoms. The molecule has 0 aromatic heterocycles. The standard InChI is InChI=1S/C26H29N3O7/c1-4-11-29-16(2)22(25(31)34-13-12-33-3)23(28-26(29)32)17-5-8-19(9-6-17)27-24(30)18-7-10-20-21(14-18)36-15-35-20/h5-10,14,23H,4,11-13,15H2,1-3H3,(H,27,30)(H,28,32). The van der Waals surface area contributed by atoms with Gasteiger partial charge in [-0.05, 0) is 49.2 Å². The van der Waals surface area contributed by atoms with Gasteiger partial charge in [-0.2, -0.15) is 0 Å². The summed E-state index contributed by atoms with van der Waals surface area (Å²) in [7, 11) is 1.53. The summed E-state index contributed by atoms with van der Waals surface area (Å²) in [6.07, 6.45) is 0.735. The number of nitrogens with one attached hydrogen (secondary N) is 2. The van der Waals surface area contributed by atoms with Crippen molar-refractivity contribution < 1.29 is 33.3 Å². The maximum absolute atomic E-state index is 13.0. The highest BCUT2D eigenvalue weighted by atomic mass is 16.7. The molecule has 2 aliphatic rings. The quantitative estimate of drug-likeness (QED) is 0.403. The average molecular weight is 496 g/mol. The lowest BCUT2D eigenvalue weighted by Gasteiger charge is -2.35. The van der Waals surface area contributed by atoms with E-state index < -0.39 is 12.0 Å². The summed E-state index contributed by atoms with van der Waals surface area (Å²) in [5.74, 6) is 0.300. The topological polar surface area (TPSA) is 115 Å². The van der Waals surface area contributed by atoms with Crippen LogP contribution in [0.1, 0.15) is 42.2 Å². The maximum Gasteiger partial charge on any atom is 0.338 e. The first-order chi connectivity index (χ1) is 17.4. The fourth-order valence-corrected chi connectivity index (χ4v) is 4.08. The summed E-state index contributed by atoms with van der Waals surface area (Å²) < 4.78 is 21.0. The largest absolute Gasteiger partial charge is 0.460 e. The lowest BCUT2D eigenvalue weighted by molar-refractivity contribution is -0.140. The Morgan fingerprint density at radius 3 is 2.58 bits per heavy atom. The number of benzene rings is 2. The Hall–Kier alpha value is -4.05. The van der Waals surface area contributed by atoms with Crippen molar-refractivity contribution in [3.05, 3.63) is 64.9 Å². The van der Waals surface area contributed by atoms with Gasteiger partial charge in [-0.1, -0.05) is 19.1 Å². The number of ether oxygens (including phenoxy) is 4. The summed E-state index contributed by atoms with van der Waals surface area (Å²) in [5, 5.41) is 5.75. The molecule has 2 aromatic carbocycles. The van der Waals surface area contributed by atoms with Gasteiger partial charge in [0.25, 0.3) is 5.91 Å². The third-order valence-electron chi connectivity index (χ3n) is 5.92. The molecule has 0 radical (unpaired) electrons. The van der Waals surface area contributed by atoms with E-state index in [9.17, 15) is 14.4 Å². The molecule has 0 bridgehead atoms. The third-order valence-corrected chi connectivity index (χ3v) is 5.92. The molecule has 2 N–H and O–H groups in total. The van der Waals surface area contributed by atoms with E-state index in [2.05, 4.69) is 10.6 Å². The summed E-state index contributed by atoms with van der Waals surface area (Å²) >= 11 is 0. The molecular formula is C26H29N3O7. The van der Waals surface area contributed by atoms with E-state index in [0.29, 0.717) is 46.1 Å². The number of methoxy groups -OCH3 is 1. The van der Waals surface area contributed by atoms with Crippen LogP contribution in [0.2, 0.25) is 0 Å². The first-order valence-electron chi connectivity index (χ1n) is 11.7. The van der Waals surface area contributed by atoms with Crippen molar-refractivity contribution in [2.24, 2.45) is 0 Å². The van der Waals surface area contributed by atoms with Crippen LogP contribution in [-0.4, -0.2) is 56.5 Å². The number of allylic oxidation sites excluding steroid dienone is 1. The highest BCUT2D eigenvalue weighted by Crippen LogP contribution is 2.34. The number of hydrogen-bond acceptors (Lipinski definition) is 7. The summed E-state index contributed by atoms with van der Waals surface area (Å²) in [4.78, 5) is 40.0. The number of amides is 3. The van der Waals surface area contributed by atoms with Crippen LogP contribution in [0.3, 0.4) is 0 Å². The molecule has 3 amide bonds. The van der Waals surface area contributed by atoms with E-state index in [0.717, 1.165) is 6.42 Å². The molecule has 0 spiro atoms. The van der Waals surface area contributed by atoms with Gasteiger partial charge in [-0.3, -0.25) is 9.69 Å². The van der Waals surface area contributed by atoms with Crippen LogP contribution >= 0.6 is 0 Å². The van der Waals surface area contributed by atoms with Crippen LogP contribution in [0.5, 0.6) is 11.5 Å². The number of anilines is 1. The average Bonchev–Trinajstić information content (AvgIpc) is 3.35. The van der Waals surface area contributed by atoms with E-state index in [1.165, 1.54) is 7.11 Å². The number of carbonyl (C=O) groups is 3. The minimum absolute atomic E-state index is 0.103. The Kier molecular flexibility index (Phi) is 7.74. The number of fused-ring (bicyclic) bond motifs is 1. The van der Waals surface area contributed by atoms with Crippen molar-refractivity contribution in [1.82, 2.24) is 10.2 Å².